The smallest absolute Gasteiger partial charge is 0.329 e. The molecule has 1 aliphatic rings. The van der Waals surface area contributed by atoms with Crippen LogP contribution in [-0.4, -0.2) is 28.0 Å². The van der Waals surface area contributed by atoms with E-state index in [9.17, 15) is 10.1 Å². The number of rotatable bonds is 6. The molecule has 8 heteroatoms. The molecule has 0 saturated heterocycles. The number of hydrogen-bond acceptors (Lipinski definition) is 7. The average molecular weight is 315 g/mol. The molecule has 3 N–H and O–H groups in total. The van der Waals surface area contributed by atoms with Crippen molar-refractivity contribution in [3.05, 3.63) is 45.6 Å². The van der Waals surface area contributed by atoms with Gasteiger partial charge >= 0.3 is 5.69 Å². The number of fused-ring (bicyclic) bond motifs is 1. The molecule has 3 rings (SSSR count). The van der Waals surface area contributed by atoms with E-state index in [4.69, 9.17) is 10.5 Å². The molecule has 0 bridgehead atoms. The van der Waals surface area contributed by atoms with Crippen LogP contribution in [0.5, 0.6) is 5.75 Å². The normalized spacial score (nSPS) is 12.7. The van der Waals surface area contributed by atoms with Crippen LogP contribution >= 0.6 is 0 Å². The highest BCUT2D eigenvalue weighted by Crippen LogP contribution is 2.26. The van der Waals surface area contributed by atoms with Gasteiger partial charge in [-0.25, -0.2) is 4.98 Å². The number of hydrogen-bond donors (Lipinski definition) is 2. The van der Waals surface area contributed by atoms with Crippen molar-refractivity contribution in [1.82, 2.24) is 9.97 Å². The Morgan fingerprint density at radius 1 is 1.35 bits per heavy atom. The maximum Gasteiger partial charge on any atom is 0.329 e. The number of benzene rings is 1. The Balaban J connectivity index is 1.50. The summed E-state index contributed by atoms with van der Waals surface area (Å²) in [5, 5.41) is 13.6. The zero-order chi connectivity index (χ0) is 16.2. The Morgan fingerprint density at radius 2 is 2.17 bits per heavy atom. The molecule has 0 fully saturated rings. The first-order valence-corrected chi connectivity index (χ1v) is 7.39. The van der Waals surface area contributed by atoms with E-state index in [1.54, 1.807) is 0 Å². The Bertz CT molecular complexity index is 735. The Hall–Kier alpha value is -2.90. The van der Waals surface area contributed by atoms with Gasteiger partial charge in [-0.1, -0.05) is 6.07 Å². The van der Waals surface area contributed by atoms with Crippen LogP contribution < -0.4 is 15.8 Å². The molecule has 1 aliphatic carbocycles. The Morgan fingerprint density at radius 3 is 2.96 bits per heavy atom. The van der Waals surface area contributed by atoms with E-state index < -0.39 is 4.92 Å². The van der Waals surface area contributed by atoms with Gasteiger partial charge in [0.1, 0.15) is 18.6 Å². The zero-order valence-corrected chi connectivity index (χ0v) is 12.5. The van der Waals surface area contributed by atoms with E-state index in [-0.39, 0.29) is 17.5 Å². The van der Waals surface area contributed by atoms with E-state index in [0.29, 0.717) is 13.2 Å². The van der Waals surface area contributed by atoms with E-state index in [0.717, 1.165) is 24.8 Å². The first kappa shape index (κ1) is 15.0. The molecule has 0 amide bonds. The van der Waals surface area contributed by atoms with Crippen molar-refractivity contribution in [2.75, 3.05) is 24.2 Å². The molecule has 2 aromatic rings. The lowest BCUT2D eigenvalue weighted by Gasteiger charge is -2.09. The minimum absolute atomic E-state index is 0.160. The Kier molecular flexibility index (Phi) is 4.22. The fraction of sp³-hybridized carbons (Fsp3) is 0.333. The minimum Gasteiger partial charge on any atom is -0.492 e. The van der Waals surface area contributed by atoms with Gasteiger partial charge in [0.05, 0.1) is 11.5 Å². The second-order valence-electron chi connectivity index (χ2n) is 5.28. The zero-order valence-electron chi connectivity index (χ0n) is 12.5. The van der Waals surface area contributed by atoms with Crippen LogP contribution in [-0.2, 0) is 12.8 Å². The number of anilines is 2. The van der Waals surface area contributed by atoms with Crippen LogP contribution in [0.2, 0.25) is 0 Å². The molecule has 1 heterocycles. The number of nitrogens with zero attached hydrogens (tertiary/aromatic N) is 3. The summed E-state index contributed by atoms with van der Waals surface area (Å²) in [7, 11) is 0. The first-order chi connectivity index (χ1) is 11.1. The fourth-order valence-electron chi connectivity index (χ4n) is 2.58. The maximum atomic E-state index is 10.6. The number of aromatic nitrogens is 2. The summed E-state index contributed by atoms with van der Waals surface area (Å²) in [6.45, 7) is 0.896. The number of ether oxygens (including phenoxy) is 1. The summed E-state index contributed by atoms with van der Waals surface area (Å²) >= 11 is 0. The summed E-state index contributed by atoms with van der Waals surface area (Å²) in [5.41, 5.74) is 7.98. The monoisotopic (exact) mass is 315 g/mol. The third-order valence-corrected chi connectivity index (χ3v) is 3.72. The van der Waals surface area contributed by atoms with Gasteiger partial charge < -0.3 is 15.8 Å². The van der Waals surface area contributed by atoms with E-state index in [1.807, 2.05) is 6.07 Å². The van der Waals surface area contributed by atoms with Gasteiger partial charge in [0.2, 0.25) is 11.8 Å². The van der Waals surface area contributed by atoms with Gasteiger partial charge in [0.15, 0.2) is 0 Å². The lowest BCUT2D eigenvalue weighted by atomic mass is 10.1. The van der Waals surface area contributed by atoms with Crippen molar-refractivity contribution in [3.63, 3.8) is 0 Å². The lowest BCUT2D eigenvalue weighted by molar-refractivity contribution is -0.384. The topological polar surface area (TPSA) is 116 Å². The molecule has 0 atom stereocenters. The number of nitrogens with one attached hydrogen (secondary N) is 1. The average Bonchev–Trinajstić information content (AvgIpc) is 2.99. The molecular weight excluding hydrogens is 298 g/mol. The van der Waals surface area contributed by atoms with Crippen molar-refractivity contribution in [2.45, 2.75) is 19.3 Å². The van der Waals surface area contributed by atoms with Gasteiger partial charge in [0, 0.05) is 0 Å². The van der Waals surface area contributed by atoms with Crippen molar-refractivity contribution in [1.29, 1.82) is 0 Å². The van der Waals surface area contributed by atoms with Crippen LogP contribution in [0, 0.1) is 10.1 Å². The van der Waals surface area contributed by atoms with Crippen LogP contribution in [0.3, 0.4) is 0 Å². The predicted octanol–water partition coefficient (Wildman–Crippen LogP) is 1.95. The molecule has 1 aromatic heterocycles. The molecule has 8 nitrogen and oxygen atoms in total. The third kappa shape index (κ3) is 3.47. The van der Waals surface area contributed by atoms with Crippen LogP contribution in [0.1, 0.15) is 17.5 Å². The first-order valence-electron chi connectivity index (χ1n) is 7.39. The molecule has 0 saturated carbocycles. The van der Waals surface area contributed by atoms with Crippen LogP contribution in [0.15, 0.2) is 24.4 Å². The van der Waals surface area contributed by atoms with E-state index in [2.05, 4.69) is 27.4 Å². The molecule has 120 valence electrons. The van der Waals surface area contributed by atoms with E-state index >= 15 is 0 Å². The van der Waals surface area contributed by atoms with Crippen molar-refractivity contribution in [3.8, 4) is 5.75 Å². The number of aryl methyl sites for hydroxylation is 2. The number of nitro groups is 1. The lowest BCUT2D eigenvalue weighted by Crippen LogP contribution is -2.14. The van der Waals surface area contributed by atoms with Crippen LogP contribution in [0.4, 0.5) is 17.5 Å². The summed E-state index contributed by atoms with van der Waals surface area (Å²) in [5.74, 6) is 0.925. The van der Waals surface area contributed by atoms with Gasteiger partial charge in [0.25, 0.3) is 0 Å². The standard InChI is InChI=1S/C15H17N5O3/c16-14-13(20(21)22)9-18-15(19-14)17-6-7-23-12-5-4-10-2-1-3-11(10)8-12/h4-5,8-9H,1-3,6-7H2,(H3,16,17,18,19). The number of nitrogens with two attached hydrogens (primary N) is 1. The highest BCUT2D eigenvalue weighted by molar-refractivity contribution is 5.53. The molecule has 1 aromatic carbocycles. The fourth-order valence-corrected chi connectivity index (χ4v) is 2.58. The third-order valence-electron chi connectivity index (χ3n) is 3.72. The second kappa shape index (κ2) is 6.47. The van der Waals surface area contributed by atoms with Crippen molar-refractivity contribution < 1.29 is 9.66 Å². The summed E-state index contributed by atoms with van der Waals surface area (Å²) in [6.07, 6.45) is 4.56. The van der Waals surface area contributed by atoms with Crippen molar-refractivity contribution >= 4 is 17.5 Å². The second-order valence-corrected chi connectivity index (χ2v) is 5.28. The highest BCUT2D eigenvalue weighted by atomic mass is 16.6. The van der Waals surface area contributed by atoms with Gasteiger partial charge in [-0.2, -0.15) is 4.98 Å². The predicted molar refractivity (Wildman–Crippen MR) is 85.6 cm³/mol. The maximum absolute atomic E-state index is 10.6. The largest absolute Gasteiger partial charge is 0.492 e. The minimum atomic E-state index is -0.615. The summed E-state index contributed by atoms with van der Waals surface area (Å²) in [6, 6.07) is 6.18. The molecule has 0 radical (unpaired) electrons. The number of nitrogen functional groups attached to an aromatic ring is 1. The summed E-state index contributed by atoms with van der Waals surface area (Å²) in [4.78, 5) is 17.7. The quantitative estimate of drug-likeness (QED) is 0.475. The SMILES string of the molecule is Nc1nc(NCCOc2ccc3c(c2)CCC3)ncc1[N+](=O)[O-]. The van der Waals surface area contributed by atoms with E-state index in [1.165, 1.54) is 17.5 Å². The molecule has 23 heavy (non-hydrogen) atoms. The molecule has 0 spiro atoms. The molecule has 0 unspecified atom stereocenters. The van der Waals surface area contributed by atoms with Crippen LogP contribution in [0.25, 0.3) is 0 Å². The summed E-state index contributed by atoms with van der Waals surface area (Å²) < 4.78 is 5.69. The van der Waals surface area contributed by atoms with Crippen molar-refractivity contribution in [2.24, 2.45) is 0 Å². The highest BCUT2D eigenvalue weighted by Gasteiger charge is 2.14. The van der Waals surface area contributed by atoms with Gasteiger partial charge in [-0.3, -0.25) is 10.1 Å². The van der Waals surface area contributed by atoms with Gasteiger partial charge in [-0.15, -0.1) is 0 Å². The van der Waals surface area contributed by atoms with Gasteiger partial charge in [-0.05, 0) is 42.5 Å². The molecular formula is C15H17N5O3. The Labute approximate surface area is 132 Å². The molecule has 0 aliphatic heterocycles.